The molecular weight excluding hydrogens is 466 g/mol. The van der Waals surface area contributed by atoms with Gasteiger partial charge < -0.3 is 20.7 Å². The topological polar surface area (TPSA) is 107 Å². The number of nitrogens with one attached hydrogen (secondary N) is 3. The number of rotatable bonds is 7. The Labute approximate surface area is 197 Å². The lowest BCUT2D eigenvalue weighted by Gasteiger charge is -2.09. The fraction of sp³-hybridized carbons (Fsp3) is 0.125. The van der Waals surface area contributed by atoms with Gasteiger partial charge in [-0.1, -0.05) is 23.7 Å². The van der Waals surface area contributed by atoms with Crippen molar-refractivity contribution in [1.29, 1.82) is 0 Å². The summed E-state index contributed by atoms with van der Waals surface area (Å²) >= 11 is 6.08. The lowest BCUT2D eigenvalue weighted by molar-refractivity contribution is 0.0950. The third-order valence-corrected chi connectivity index (χ3v) is 5.56. The maximum Gasteiger partial charge on any atom is 0.404 e. The minimum absolute atomic E-state index is 0.00638. The summed E-state index contributed by atoms with van der Waals surface area (Å²) in [4.78, 5) is 30.1. The molecule has 34 heavy (non-hydrogen) atoms. The quantitative estimate of drug-likeness (QED) is 0.303. The molecule has 0 radical (unpaired) electrons. The number of carboxylic acid groups (broad SMARTS) is 1. The van der Waals surface area contributed by atoms with Crippen LogP contribution in [0, 0.1) is 11.6 Å². The van der Waals surface area contributed by atoms with Crippen LogP contribution in [-0.4, -0.2) is 27.1 Å². The summed E-state index contributed by atoms with van der Waals surface area (Å²) in [7, 11) is 0. The summed E-state index contributed by atoms with van der Waals surface area (Å²) in [5, 5.41) is 14.6. The number of H-pyrrole nitrogens is 1. The van der Waals surface area contributed by atoms with Crippen LogP contribution in [0.3, 0.4) is 0 Å². The zero-order valence-corrected chi connectivity index (χ0v) is 18.4. The second kappa shape index (κ2) is 9.88. The van der Waals surface area contributed by atoms with Gasteiger partial charge in [-0.05, 0) is 41.0 Å². The van der Waals surface area contributed by atoms with Crippen molar-refractivity contribution in [2.75, 3.05) is 0 Å². The number of hydrogen-bond donors (Lipinski definition) is 4. The van der Waals surface area contributed by atoms with Crippen LogP contribution < -0.4 is 10.6 Å². The van der Waals surface area contributed by atoms with E-state index < -0.39 is 23.6 Å². The summed E-state index contributed by atoms with van der Waals surface area (Å²) in [5.74, 6) is -1.42. The number of hydrogen-bond acceptors (Lipinski definition) is 3. The molecule has 0 aliphatic carbocycles. The second-order valence-electron chi connectivity index (χ2n) is 7.65. The van der Waals surface area contributed by atoms with Gasteiger partial charge in [-0.2, -0.15) is 0 Å². The Morgan fingerprint density at radius 2 is 1.76 bits per heavy atom. The minimum atomic E-state index is -1.19. The highest BCUT2D eigenvalue weighted by Crippen LogP contribution is 2.26. The molecule has 0 unspecified atom stereocenters. The van der Waals surface area contributed by atoms with Crippen molar-refractivity contribution < 1.29 is 23.5 Å². The number of benzene rings is 2. The number of amides is 2. The van der Waals surface area contributed by atoms with Gasteiger partial charge in [0.05, 0.1) is 10.6 Å². The van der Waals surface area contributed by atoms with E-state index in [1.807, 2.05) is 0 Å². The third kappa shape index (κ3) is 5.32. The van der Waals surface area contributed by atoms with Gasteiger partial charge in [0.25, 0.3) is 5.91 Å². The molecule has 0 saturated heterocycles. The number of aromatic nitrogens is 2. The van der Waals surface area contributed by atoms with E-state index in [1.54, 1.807) is 30.5 Å². The molecule has 0 spiro atoms. The van der Waals surface area contributed by atoms with Crippen LogP contribution >= 0.6 is 11.6 Å². The number of fused-ring (bicyclic) bond motifs is 1. The van der Waals surface area contributed by atoms with E-state index in [2.05, 4.69) is 20.6 Å². The highest BCUT2D eigenvalue weighted by molar-refractivity contribution is 6.35. The molecule has 7 nitrogen and oxygen atoms in total. The molecule has 2 heterocycles. The largest absolute Gasteiger partial charge is 0.465 e. The number of halogens is 3. The zero-order chi connectivity index (χ0) is 24.2. The van der Waals surface area contributed by atoms with Gasteiger partial charge in [0, 0.05) is 54.6 Å². The molecule has 4 N–H and O–H groups in total. The minimum Gasteiger partial charge on any atom is -0.465 e. The summed E-state index contributed by atoms with van der Waals surface area (Å²) in [6.07, 6.45) is 3.45. The van der Waals surface area contributed by atoms with Crippen molar-refractivity contribution in [3.05, 3.63) is 99.5 Å². The Hall–Kier alpha value is -3.98. The van der Waals surface area contributed by atoms with Gasteiger partial charge in [-0.3, -0.25) is 9.78 Å². The number of pyridine rings is 1. The van der Waals surface area contributed by atoms with Crippen molar-refractivity contribution >= 4 is 34.5 Å². The molecule has 0 saturated carbocycles. The predicted octanol–water partition coefficient (Wildman–Crippen LogP) is 4.78. The first-order chi connectivity index (χ1) is 16.3. The van der Waals surface area contributed by atoms with E-state index >= 15 is 0 Å². The maximum absolute atomic E-state index is 14.5. The Morgan fingerprint density at radius 3 is 2.53 bits per heavy atom. The highest BCUT2D eigenvalue weighted by Gasteiger charge is 2.13. The molecule has 4 rings (SSSR count). The zero-order valence-electron chi connectivity index (χ0n) is 17.7. The van der Waals surface area contributed by atoms with Crippen LogP contribution in [0.2, 0.25) is 5.02 Å². The molecule has 2 aromatic carbocycles. The fourth-order valence-electron chi connectivity index (χ4n) is 3.52. The van der Waals surface area contributed by atoms with Gasteiger partial charge in [-0.15, -0.1) is 0 Å². The molecule has 0 aliphatic rings. The standard InChI is InChI=1S/C24H19ClF2N4O3/c25-19-12-29-22-7-21(27)16(6-18(19)22)11-30-23(32)17-4-14(8-28-10-17)3-15-2-1-13(5-20(15)26)9-31-24(33)34/h1-2,4-8,10,12,29,31H,3,9,11H2,(H,30,32)(H,33,34). The van der Waals surface area contributed by atoms with Crippen molar-refractivity contribution in [2.45, 2.75) is 19.5 Å². The average molecular weight is 485 g/mol. The van der Waals surface area contributed by atoms with E-state index in [4.69, 9.17) is 16.7 Å². The summed E-state index contributed by atoms with van der Waals surface area (Å²) in [6, 6.07) is 8.94. The molecule has 0 fully saturated rings. The monoisotopic (exact) mass is 484 g/mol. The van der Waals surface area contributed by atoms with E-state index in [0.717, 1.165) is 0 Å². The van der Waals surface area contributed by atoms with E-state index in [1.165, 1.54) is 24.5 Å². The molecule has 4 aromatic rings. The van der Waals surface area contributed by atoms with E-state index in [0.29, 0.717) is 32.6 Å². The molecule has 10 heteroatoms. The second-order valence-corrected chi connectivity index (χ2v) is 8.06. The molecule has 174 valence electrons. The number of carbonyl (C=O) groups is 2. The van der Waals surface area contributed by atoms with E-state index in [-0.39, 0.29) is 30.6 Å². The first-order valence-corrected chi connectivity index (χ1v) is 10.6. The van der Waals surface area contributed by atoms with Gasteiger partial charge in [0.1, 0.15) is 11.6 Å². The normalized spacial score (nSPS) is 10.9. The van der Waals surface area contributed by atoms with Gasteiger partial charge >= 0.3 is 6.09 Å². The molecule has 2 aromatic heterocycles. The summed E-state index contributed by atoms with van der Waals surface area (Å²) in [6.45, 7) is -0.0552. The molecule has 0 atom stereocenters. The summed E-state index contributed by atoms with van der Waals surface area (Å²) < 4.78 is 28.8. The van der Waals surface area contributed by atoms with Crippen molar-refractivity contribution in [1.82, 2.24) is 20.6 Å². The third-order valence-electron chi connectivity index (χ3n) is 5.25. The highest BCUT2D eigenvalue weighted by atomic mass is 35.5. The fourth-order valence-corrected chi connectivity index (χ4v) is 3.73. The number of nitrogens with zero attached hydrogens (tertiary/aromatic N) is 1. The average Bonchev–Trinajstić information content (AvgIpc) is 3.17. The van der Waals surface area contributed by atoms with Crippen LogP contribution in [0.15, 0.2) is 55.0 Å². The summed E-state index contributed by atoms with van der Waals surface area (Å²) in [5.41, 5.74) is 2.56. The van der Waals surface area contributed by atoms with Gasteiger partial charge in [0.15, 0.2) is 0 Å². The first kappa shape index (κ1) is 23.2. The van der Waals surface area contributed by atoms with Crippen molar-refractivity contribution in [2.24, 2.45) is 0 Å². The first-order valence-electron chi connectivity index (χ1n) is 10.2. The van der Waals surface area contributed by atoms with Crippen LogP contribution in [0.25, 0.3) is 10.9 Å². The maximum atomic E-state index is 14.5. The Balaban J connectivity index is 1.43. The smallest absolute Gasteiger partial charge is 0.404 e. The molecule has 0 bridgehead atoms. The van der Waals surface area contributed by atoms with Crippen LogP contribution in [0.4, 0.5) is 13.6 Å². The van der Waals surface area contributed by atoms with Crippen molar-refractivity contribution in [3.8, 4) is 0 Å². The van der Waals surface area contributed by atoms with Crippen molar-refractivity contribution in [3.63, 3.8) is 0 Å². The Bertz CT molecular complexity index is 1390. The van der Waals surface area contributed by atoms with Crippen LogP contribution in [0.1, 0.15) is 32.6 Å². The van der Waals surface area contributed by atoms with Gasteiger partial charge in [0.2, 0.25) is 0 Å². The Morgan fingerprint density at radius 1 is 0.971 bits per heavy atom. The van der Waals surface area contributed by atoms with E-state index in [9.17, 15) is 18.4 Å². The number of aromatic amines is 1. The lowest BCUT2D eigenvalue weighted by atomic mass is 10.0. The Kier molecular flexibility index (Phi) is 6.74. The lowest BCUT2D eigenvalue weighted by Crippen LogP contribution is -2.23. The van der Waals surface area contributed by atoms with Gasteiger partial charge in [-0.25, -0.2) is 13.6 Å². The SMILES string of the molecule is O=C(O)NCc1ccc(Cc2cncc(C(=O)NCc3cc4c(Cl)c[nH]c4cc3F)c2)c(F)c1. The molecule has 2 amide bonds. The van der Waals surface area contributed by atoms with Crippen LogP contribution in [-0.2, 0) is 19.5 Å². The van der Waals surface area contributed by atoms with Crippen LogP contribution in [0.5, 0.6) is 0 Å². The molecule has 0 aliphatic heterocycles. The molecular formula is C24H19ClF2N4O3. The number of carbonyl (C=O) groups excluding carboxylic acids is 1. The predicted molar refractivity (Wildman–Crippen MR) is 123 cm³/mol.